The smallest absolute Gasteiger partial charge is 0.0438 e. The van der Waals surface area contributed by atoms with E-state index in [2.05, 4.69) is 0 Å². The lowest BCUT2D eigenvalue weighted by atomic mass is 10.2. The zero-order chi connectivity index (χ0) is 9.30. The van der Waals surface area contributed by atoms with Gasteiger partial charge in [-0.05, 0) is 48.2 Å². The van der Waals surface area contributed by atoms with E-state index in [9.17, 15) is 8.76 Å². The summed E-state index contributed by atoms with van der Waals surface area (Å²) in [6.45, 7) is 3.49. The maximum absolute atomic E-state index is 10.6. The van der Waals surface area contributed by atoms with Gasteiger partial charge in [0.2, 0.25) is 0 Å². The highest BCUT2D eigenvalue weighted by atomic mass is 35.5. The lowest BCUT2D eigenvalue weighted by Crippen LogP contribution is -1.94. The van der Waals surface area contributed by atoms with E-state index in [1.807, 2.05) is 0 Å². The highest BCUT2D eigenvalue weighted by Crippen LogP contribution is 2.21. The Labute approximate surface area is 78.8 Å². The Kier molecular flexibility index (Phi) is 2.88. The Balaban J connectivity index is 3.33. The molecule has 1 rings (SSSR count). The fourth-order valence-electron chi connectivity index (χ4n) is 0.934. The highest BCUT2D eigenvalue weighted by Gasteiger charge is 2.02. The second-order valence-electron chi connectivity index (χ2n) is 2.60. The van der Waals surface area contributed by atoms with Gasteiger partial charge in [-0.3, -0.25) is 4.21 Å². The molecule has 1 atom stereocenters. The third kappa shape index (κ3) is 1.86. The van der Waals surface area contributed by atoms with Crippen LogP contribution in [0.2, 0.25) is 5.02 Å². The Bertz CT molecular complexity index is 336. The number of hydrogen-bond donors (Lipinski definition) is 0. The molecule has 0 aromatic heterocycles. The maximum Gasteiger partial charge on any atom is 0.0438 e. The van der Waals surface area contributed by atoms with Gasteiger partial charge in [0.1, 0.15) is 0 Å². The van der Waals surface area contributed by atoms with Gasteiger partial charge in [0.25, 0.3) is 0 Å². The topological polar surface area (TPSA) is 40.1 Å². The quantitative estimate of drug-likeness (QED) is 0.657. The van der Waals surface area contributed by atoms with Gasteiger partial charge in [0.15, 0.2) is 0 Å². The molecule has 4 heteroatoms. The van der Waals surface area contributed by atoms with E-state index in [1.54, 1.807) is 26.0 Å². The molecule has 1 unspecified atom stereocenters. The summed E-state index contributed by atoms with van der Waals surface area (Å²) in [7, 11) is 0. The normalized spacial score (nSPS) is 13.0. The molecule has 0 aliphatic carbocycles. The van der Waals surface area contributed by atoms with E-state index in [-0.39, 0.29) is 0 Å². The van der Waals surface area contributed by atoms with Gasteiger partial charge in [-0.25, -0.2) is 0 Å². The first-order valence-corrected chi connectivity index (χ1v) is 4.83. The van der Waals surface area contributed by atoms with E-state index in [4.69, 9.17) is 11.6 Å². The lowest BCUT2D eigenvalue weighted by Gasteiger charge is -2.10. The van der Waals surface area contributed by atoms with Crippen LogP contribution >= 0.6 is 11.6 Å². The molecular weight excluding hydrogens is 196 g/mol. The first kappa shape index (κ1) is 9.71. The van der Waals surface area contributed by atoms with Crippen molar-refractivity contribution in [2.24, 2.45) is 0 Å². The fourth-order valence-corrected chi connectivity index (χ4v) is 1.75. The molecule has 0 amide bonds. The van der Waals surface area contributed by atoms with E-state index < -0.39 is 11.1 Å². The molecule has 0 saturated carbocycles. The monoisotopic (exact) mass is 203 g/mol. The van der Waals surface area contributed by atoms with Crippen LogP contribution in [-0.4, -0.2) is 8.76 Å². The Morgan fingerprint density at radius 3 is 2.42 bits per heavy atom. The molecule has 0 spiro atoms. The summed E-state index contributed by atoms with van der Waals surface area (Å²) in [5, 5.41) is 0.599. The molecule has 2 nitrogen and oxygen atoms in total. The van der Waals surface area contributed by atoms with Gasteiger partial charge >= 0.3 is 0 Å². The van der Waals surface area contributed by atoms with Gasteiger partial charge in [-0.1, -0.05) is 11.6 Å². The minimum atomic E-state index is -2.17. The van der Waals surface area contributed by atoms with Crippen molar-refractivity contribution < 1.29 is 8.76 Å². The van der Waals surface area contributed by atoms with Crippen molar-refractivity contribution >= 4 is 22.7 Å². The Morgan fingerprint density at radius 2 is 1.92 bits per heavy atom. The van der Waals surface area contributed by atoms with Crippen molar-refractivity contribution in [3.8, 4) is 0 Å². The molecule has 0 aliphatic rings. The number of rotatable bonds is 1. The summed E-state index contributed by atoms with van der Waals surface area (Å²) < 4.78 is 21.3. The summed E-state index contributed by atoms with van der Waals surface area (Å²) in [6, 6.07) is 3.22. The second kappa shape index (κ2) is 3.56. The summed E-state index contributed by atoms with van der Waals surface area (Å²) in [5.74, 6) is 0. The molecule has 0 fully saturated rings. The number of halogens is 1. The predicted octanol–water partition coefficient (Wildman–Crippen LogP) is 2.19. The zero-order valence-electron chi connectivity index (χ0n) is 6.76. The van der Waals surface area contributed by atoms with Crippen LogP contribution < -0.4 is 0 Å². The van der Waals surface area contributed by atoms with Crippen LogP contribution in [0.5, 0.6) is 0 Å². The van der Waals surface area contributed by atoms with Gasteiger partial charge in [-0.2, -0.15) is 0 Å². The predicted molar refractivity (Wildman–Crippen MR) is 48.1 cm³/mol. The van der Waals surface area contributed by atoms with Crippen molar-refractivity contribution in [2.75, 3.05) is 0 Å². The molecule has 0 heterocycles. The molecular formula is C8H8ClO2S-. The van der Waals surface area contributed by atoms with Crippen LogP contribution in [0.15, 0.2) is 17.0 Å². The SMILES string of the molecule is Cc1cc(S(=O)[O-])c(C)cc1Cl. The standard InChI is InChI=1S/C8H9ClO2S/c1-5-4-8(12(10)11)6(2)3-7(5)9/h3-4H,1-2H3,(H,10,11)/p-1. The summed E-state index contributed by atoms with van der Waals surface area (Å²) >= 11 is 3.62. The molecule has 0 radical (unpaired) electrons. The van der Waals surface area contributed by atoms with E-state index >= 15 is 0 Å². The Hall–Kier alpha value is -0.380. The first-order valence-electron chi connectivity index (χ1n) is 3.38. The van der Waals surface area contributed by atoms with Gasteiger partial charge < -0.3 is 4.55 Å². The van der Waals surface area contributed by atoms with Crippen LogP contribution in [0, 0.1) is 13.8 Å². The summed E-state index contributed by atoms with van der Waals surface area (Å²) in [5.41, 5.74) is 1.46. The van der Waals surface area contributed by atoms with Crippen molar-refractivity contribution in [3.05, 3.63) is 28.3 Å². The van der Waals surface area contributed by atoms with Crippen molar-refractivity contribution in [1.29, 1.82) is 0 Å². The zero-order valence-corrected chi connectivity index (χ0v) is 8.33. The van der Waals surface area contributed by atoms with Gasteiger partial charge in [0, 0.05) is 9.92 Å². The minimum absolute atomic E-state index is 0.317. The number of hydrogen-bond acceptors (Lipinski definition) is 2. The second-order valence-corrected chi connectivity index (χ2v) is 3.92. The Morgan fingerprint density at radius 1 is 1.33 bits per heavy atom. The fraction of sp³-hybridized carbons (Fsp3) is 0.250. The average Bonchev–Trinajstić information content (AvgIpc) is 1.96. The summed E-state index contributed by atoms with van der Waals surface area (Å²) in [6.07, 6.45) is 0. The number of benzene rings is 1. The van der Waals surface area contributed by atoms with Gasteiger partial charge in [-0.15, -0.1) is 0 Å². The average molecular weight is 204 g/mol. The lowest BCUT2D eigenvalue weighted by molar-refractivity contribution is 0.536. The molecule has 12 heavy (non-hydrogen) atoms. The van der Waals surface area contributed by atoms with Crippen molar-refractivity contribution in [1.82, 2.24) is 0 Å². The minimum Gasteiger partial charge on any atom is -0.768 e. The van der Waals surface area contributed by atoms with E-state index in [1.165, 1.54) is 0 Å². The molecule has 1 aromatic carbocycles. The van der Waals surface area contributed by atoms with E-state index in [0.29, 0.717) is 15.5 Å². The molecule has 0 bridgehead atoms. The van der Waals surface area contributed by atoms with Crippen LogP contribution in [-0.2, 0) is 11.1 Å². The molecule has 1 aromatic rings. The van der Waals surface area contributed by atoms with Crippen LogP contribution in [0.3, 0.4) is 0 Å². The molecule has 66 valence electrons. The first-order chi connectivity index (χ1) is 5.52. The molecule has 0 N–H and O–H groups in total. The largest absolute Gasteiger partial charge is 0.768 e. The van der Waals surface area contributed by atoms with Gasteiger partial charge in [0.05, 0.1) is 0 Å². The van der Waals surface area contributed by atoms with Crippen LogP contribution in [0.4, 0.5) is 0 Å². The van der Waals surface area contributed by atoms with Crippen LogP contribution in [0.25, 0.3) is 0 Å². The summed E-state index contributed by atoms with van der Waals surface area (Å²) in [4.78, 5) is 0.317. The maximum atomic E-state index is 10.6. The van der Waals surface area contributed by atoms with Crippen molar-refractivity contribution in [2.45, 2.75) is 18.7 Å². The van der Waals surface area contributed by atoms with Crippen molar-refractivity contribution in [3.63, 3.8) is 0 Å². The third-order valence-electron chi connectivity index (χ3n) is 1.64. The molecule has 0 aliphatic heterocycles. The third-order valence-corrected chi connectivity index (χ3v) is 2.84. The number of aryl methyl sites for hydroxylation is 2. The van der Waals surface area contributed by atoms with E-state index in [0.717, 1.165) is 5.56 Å². The molecule has 0 saturated heterocycles. The van der Waals surface area contributed by atoms with Crippen LogP contribution in [0.1, 0.15) is 11.1 Å². The highest BCUT2D eigenvalue weighted by molar-refractivity contribution is 7.79.